The Morgan fingerprint density at radius 2 is 1.83 bits per heavy atom. The highest BCUT2D eigenvalue weighted by atomic mass is 32.2. The smallest absolute Gasteiger partial charge is 0.369 e. The standard InChI is InChI=1S/C32H33F3N8O2S/c1-20(21-4-5-21)26-15-22-16-38-31(39-23-6-8-24(9-7-23)42-14-13-41-12-2-3-25(41)17-42)40-28(22)43(30(26)44)18-27-29(37-11-10-36-27)46(45)19-32(33,34)35/h6-11,15-16,21,25H,1-5,12-14,17-19H2,(H,38,39,40). The predicted molar refractivity (Wildman–Crippen MR) is 171 cm³/mol. The molecule has 1 saturated carbocycles. The van der Waals surface area contributed by atoms with Gasteiger partial charge < -0.3 is 10.2 Å². The molecule has 4 aromatic rings. The number of allylic oxidation sites excluding steroid dienone is 1. The molecule has 14 heteroatoms. The van der Waals surface area contributed by atoms with Crippen molar-refractivity contribution in [1.29, 1.82) is 0 Å². The number of rotatable bonds is 9. The molecule has 46 heavy (non-hydrogen) atoms. The fourth-order valence-electron chi connectivity index (χ4n) is 6.38. The summed E-state index contributed by atoms with van der Waals surface area (Å²) in [6.45, 7) is 8.13. The molecule has 3 aliphatic rings. The van der Waals surface area contributed by atoms with Crippen LogP contribution in [0, 0.1) is 5.92 Å². The zero-order valence-corrected chi connectivity index (χ0v) is 25.9. The minimum atomic E-state index is -4.66. The lowest BCUT2D eigenvalue weighted by molar-refractivity contribution is -0.105. The van der Waals surface area contributed by atoms with Crippen LogP contribution in [0.25, 0.3) is 16.6 Å². The summed E-state index contributed by atoms with van der Waals surface area (Å²) in [5.41, 5.74) is 2.81. The predicted octanol–water partition coefficient (Wildman–Crippen LogP) is 4.75. The van der Waals surface area contributed by atoms with Crippen LogP contribution in [0.5, 0.6) is 0 Å². The maximum Gasteiger partial charge on any atom is 0.400 e. The molecular formula is C32H33F3N8O2S. The van der Waals surface area contributed by atoms with E-state index >= 15 is 0 Å². The monoisotopic (exact) mass is 650 g/mol. The number of fused-ring (bicyclic) bond motifs is 2. The Labute approximate surface area is 265 Å². The maximum absolute atomic E-state index is 13.9. The summed E-state index contributed by atoms with van der Waals surface area (Å²) in [6.07, 6.45) is 3.76. The summed E-state index contributed by atoms with van der Waals surface area (Å²) in [6, 6.07) is 10.4. The zero-order chi connectivity index (χ0) is 32.0. The third-order valence-corrected chi connectivity index (χ3v) is 10.2. The van der Waals surface area contributed by atoms with Crippen LogP contribution in [0.1, 0.15) is 36.9 Å². The fourth-order valence-corrected chi connectivity index (χ4v) is 7.37. The first kappa shape index (κ1) is 30.5. The van der Waals surface area contributed by atoms with Crippen LogP contribution < -0.4 is 15.8 Å². The lowest BCUT2D eigenvalue weighted by atomic mass is 10.0. The fraction of sp³-hybridized carbons (Fsp3) is 0.406. The minimum absolute atomic E-state index is 0.00943. The van der Waals surface area contributed by atoms with Gasteiger partial charge in [0.1, 0.15) is 11.4 Å². The van der Waals surface area contributed by atoms with Gasteiger partial charge in [-0.25, -0.2) is 9.97 Å². The summed E-state index contributed by atoms with van der Waals surface area (Å²) in [7, 11) is -2.51. The van der Waals surface area contributed by atoms with Crippen LogP contribution in [0.2, 0.25) is 0 Å². The molecular weight excluding hydrogens is 617 g/mol. The zero-order valence-electron chi connectivity index (χ0n) is 25.0. The molecule has 10 nitrogen and oxygen atoms in total. The van der Waals surface area contributed by atoms with Crippen molar-refractivity contribution in [2.75, 3.05) is 42.1 Å². The Morgan fingerprint density at radius 1 is 1.04 bits per heavy atom. The highest BCUT2D eigenvalue weighted by Gasteiger charge is 2.33. The third kappa shape index (κ3) is 6.41. The van der Waals surface area contributed by atoms with Crippen molar-refractivity contribution < 1.29 is 17.4 Å². The molecule has 2 unspecified atom stereocenters. The van der Waals surface area contributed by atoms with Gasteiger partial charge in [-0.3, -0.25) is 23.5 Å². The Morgan fingerprint density at radius 3 is 2.59 bits per heavy atom. The summed E-state index contributed by atoms with van der Waals surface area (Å²) in [4.78, 5) is 36.2. The molecule has 7 rings (SSSR count). The van der Waals surface area contributed by atoms with Gasteiger partial charge in [0.05, 0.1) is 23.0 Å². The number of nitrogens with zero attached hydrogens (tertiary/aromatic N) is 7. The number of nitrogens with one attached hydrogen (secondary N) is 1. The lowest BCUT2D eigenvalue weighted by Crippen LogP contribution is -2.50. The topological polar surface area (TPSA) is 109 Å². The maximum atomic E-state index is 13.9. The third-order valence-electron chi connectivity index (χ3n) is 8.87. The Hall–Kier alpha value is -4.17. The van der Waals surface area contributed by atoms with E-state index in [2.05, 4.69) is 53.8 Å². The number of alkyl halides is 3. The molecule has 2 saturated heterocycles. The summed E-state index contributed by atoms with van der Waals surface area (Å²) in [5, 5.41) is 3.43. The number of benzene rings is 1. The van der Waals surface area contributed by atoms with E-state index in [-0.39, 0.29) is 34.8 Å². The lowest BCUT2D eigenvalue weighted by Gasteiger charge is -2.38. The largest absolute Gasteiger partial charge is 0.400 e. The van der Waals surface area contributed by atoms with Crippen LogP contribution in [0.4, 0.5) is 30.5 Å². The molecule has 1 aromatic carbocycles. The minimum Gasteiger partial charge on any atom is -0.369 e. The van der Waals surface area contributed by atoms with E-state index in [1.54, 1.807) is 12.3 Å². The second kappa shape index (κ2) is 12.2. The highest BCUT2D eigenvalue weighted by Crippen LogP contribution is 2.40. The Bertz CT molecular complexity index is 1880. The summed E-state index contributed by atoms with van der Waals surface area (Å²) >= 11 is 0. The molecule has 0 spiro atoms. The highest BCUT2D eigenvalue weighted by molar-refractivity contribution is 7.85. The van der Waals surface area contributed by atoms with E-state index in [0.717, 1.165) is 43.9 Å². The van der Waals surface area contributed by atoms with Gasteiger partial charge in [0, 0.05) is 66.6 Å². The first-order valence-electron chi connectivity index (χ1n) is 15.3. The van der Waals surface area contributed by atoms with Gasteiger partial charge in [-0.15, -0.1) is 0 Å². The molecule has 5 heterocycles. The first-order valence-corrected chi connectivity index (χ1v) is 16.7. The molecule has 1 N–H and O–H groups in total. The summed E-state index contributed by atoms with van der Waals surface area (Å²) in [5.74, 6) is -1.14. The van der Waals surface area contributed by atoms with E-state index in [1.807, 2.05) is 12.1 Å². The van der Waals surface area contributed by atoms with Gasteiger partial charge in [0.15, 0.2) is 5.03 Å². The van der Waals surface area contributed by atoms with Gasteiger partial charge in [0.2, 0.25) is 5.95 Å². The molecule has 2 atom stereocenters. The number of halogens is 3. The van der Waals surface area contributed by atoms with Crippen LogP contribution in [-0.2, 0) is 17.3 Å². The van der Waals surface area contributed by atoms with Crippen molar-refractivity contribution in [1.82, 2.24) is 29.4 Å². The van der Waals surface area contributed by atoms with Gasteiger partial charge in [-0.1, -0.05) is 6.58 Å². The number of piperazine rings is 1. The van der Waals surface area contributed by atoms with Crippen molar-refractivity contribution in [3.05, 3.63) is 77.1 Å². The van der Waals surface area contributed by atoms with Crippen molar-refractivity contribution in [3.63, 3.8) is 0 Å². The second-order valence-corrected chi connectivity index (χ2v) is 13.5. The van der Waals surface area contributed by atoms with Crippen LogP contribution in [-0.4, -0.2) is 77.8 Å². The normalized spacial score (nSPS) is 19.3. The second-order valence-electron chi connectivity index (χ2n) is 12.1. The molecule has 3 aromatic heterocycles. The first-order chi connectivity index (χ1) is 22.1. The van der Waals surface area contributed by atoms with Crippen LogP contribution in [0.15, 0.2) is 65.3 Å². The van der Waals surface area contributed by atoms with Crippen LogP contribution >= 0.6 is 0 Å². The molecule has 2 aliphatic heterocycles. The Kier molecular flexibility index (Phi) is 8.09. The molecule has 0 radical (unpaired) electrons. The molecule has 0 amide bonds. The molecule has 1 aliphatic carbocycles. The average molecular weight is 651 g/mol. The van der Waals surface area contributed by atoms with Crippen molar-refractivity contribution >= 4 is 44.7 Å². The SMILES string of the molecule is C=C(c1cc2cnc(Nc3ccc(N4CCN5CCCC5C4)cc3)nc2n(Cc2nccnc2S(=O)CC(F)(F)F)c1=O)C1CC1. The average Bonchev–Trinajstić information content (AvgIpc) is 3.78. The van der Waals surface area contributed by atoms with E-state index in [9.17, 15) is 22.2 Å². The van der Waals surface area contributed by atoms with Gasteiger partial charge >= 0.3 is 6.18 Å². The number of hydrogen-bond acceptors (Lipinski definition) is 9. The number of anilines is 3. The van der Waals surface area contributed by atoms with Gasteiger partial charge in [-0.2, -0.15) is 18.2 Å². The van der Waals surface area contributed by atoms with Crippen molar-refractivity contribution in [2.24, 2.45) is 5.92 Å². The van der Waals surface area contributed by atoms with E-state index in [1.165, 1.54) is 36.3 Å². The Balaban J connectivity index is 1.20. The van der Waals surface area contributed by atoms with E-state index < -0.39 is 28.3 Å². The molecule has 240 valence electrons. The number of hydrogen-bond donors (Lipinski definition) is 1. The van der Waals surface area contributed by atoms with Crippen molar-refractivity contribution in [2.45, 2.75) is 49.5 Å². The van der Waals surface area contributed by atoms with Gasteiger partial charge in [-0.05, 0) is 74.1 Å². The molecule has 3 fully saturated rings. The summed E-state index contributed by atoms with van der Waals surface area (Å²) < 4.78 is 53.3. The van der Waals surface area contributed by atoms with Crippen LogP contribution in [0.3, 0.4) is 0 Å². The van der Waals surface area contributed by atoms with E-state index in [0.29, 0.717) is 22.6 Å². The van der Waals surface area contributed by atoms with Gasteiger partial charge in [0.25, 0.3) is 5.56 Å². The quantitative estimate of drug-likeness (QED) is 0.275. The molecule has 0 bridgehead atoms. The van der Waals surface area contributed by atoms with Crippen molar-refractivity contribution in [3.8, 4) is 0 Å². The van der Waals surface area contributed by atoms with E-state index in [4.69, 9.17) is 0 Å². The number of pyridine rings is 1. The number of aromatic nitrogens is 5.